The van der Waals surface area contributed by atoms with Crippen LogP contribution in [0.4, 0.5) is 4.79 Å². The summed E-state index contributed by atoms with van der Waals surface area (Å²) in [6.45, 7) is 1.41. The van der Waals surface area contributed by atoms with Crippen LogP contribution in [-0.2, 0) is 22.1 Å². The number of carbonyl (C=O) groups excluding carboxylic acids is 1. The number of ether oxygens (including phenoxy) is 1. The van der Waals surface area contributed by atoms with Gasteiger partial charge >= 0.3 is 6.09 Å². The Morgan fingerprint density at radius 2 is 1.86 bits per heavy atom. The smallest absolute Gasteiger partial charge is 0.410 e. The number of piperidine rings is 1. The van der Waals surface area contributed by atoms with Crippen LogP contribution in [0.25, 0.3) is 17.8 Å². The van der Waals surface area contributed by atoms with Crippen LogP contribution in [0.5, 0.6) is 0 Å². The van der Waals surface area contributed by atoms with Gasteiger partial charge in [0.25, 0.3) is 0 Å². The molecule has 1 amide bonds. The van der Waals surface area contributed by atoms with Crippen molar-refractivity contribution in [1.29, 1.82) is 0 Å². The number of hydrogen-bond donors (Lipinski definition) is 0. The standard InChI is InChI=1S/C28H28N4O3S/c1-36(34)26-17-25(30-27-23(18-29-32(26)27)15-14-21-9-4-2-5-10-21)24-13-8-16-31(19-24)28(33)35-20-22-11-6-3-7-12-22/h2-7,9-12,14-15,17-18,24H,8,13,16,19-20H2,1H3. The molecule has 7 nitrogen and oxygen atoms in total. The molecule has 0 bridgehead atoms. The molecular formula is C28H28N4O3S. The first-order valence-corrected chi connectivity index (χ1v) is 13.5. The second-order valence-electron chi connectivity index (χ2n) is 8.88. The zero-order valence-electron chi connectivity index (χ0n) is 20.1. The summed E-state index contributed by atoms with van der Waals surface area (Å²) in [6, 6.07) is 21.6. The van der Waals surface area contributed by atoms with Crippen molar-refractivity contribution in [2.24, 2.45) is 0 Å². The molecule has 8 heteroatoms. The van der Waals surface area contributed by atoms with Crippen LogP contribution in [0.3, 0.4) is 0 Å². The van der Waals surface area contributed by atoms with Crippen LogP contribution in [0.1, 0.15) is 41.1 Å². The third kappa shape index (κ3) is 5.39. The average Bonchev–Trinajstić information content (AvgIpc) is 3.34. The Labute approximate surface area is 212 Å². The van der Waals surface area contributed by atoms with Gasteiger partial charge in [0.15, 0.2) is 5.65 Å². The molecule has 1 saturated heterocycles. The zero-order chi connectivity index (χ0) is 24.9. The second kappa shape index (κ2) is 10.9. The van der Waals surface area contributed by atoms with Crippen LogP contribution in [-0.4, -0.2) is 49.1 Å². The Kier molecular flexibility index (Phi) is 7.23. The summed E-state index contributed by atoms with van der Waals surface area (Å²) in [4.78, 5) is 19.5. The quantitative estimate of drug-likeness (QED) is 0.342. The van der Waals surface area contributed by atoms with Crippen LogP contribution >= 0.6 is 0 Å². The number of hydrogen-bond acceptors (Lipinski definition) is 5. The van der Waals surface area contributed by atoms with Gasteiger partial charge in [0, 0.05) is 30.8 Å². The highest BCUT2D eigenvalue weighted by Gasteiger charge is 2.28. The minimum Gasteiger partial charge on any atom is -0.445 e. The van der Waals surface area contributed by atoms with Gasteiger partial charge < -0.3 is 9.64 Å². The maximum Gasteiger partial charge on any atom is 0.410 e. The van der Waals surface area contributed by atoms with Gasteiger partial charge in [0.2, 0.25) is 0 Å². The van der Waals surface area contributed by atoms with Crippen molar-refractivity contribution in [2.45, 2.75) is 30.4 Å². The van der Waals surface area contributed by atoms with E-state index < -0.39 is 10.8 Å². The molecule has 5 rings (SSSR count). The van der Waals surface area contributed by atoms with Gasteiger partial charge in [-0.15, -0.1) is 0 Å². The topological polar surface area (TPSA) is 76.8 Å². The van der Waals surface area contributed by atoms with Crippen LogP contribution in [0.2, 0.25) is 0 Å². The summed E-state index contributed by atoms with van der Waals surface area (Å²) >= 11 is 0. The number of likely N-dealkylation sites (tertiary alicyclic amines) is 1. The average molecular weight is 501 g/mol. The number of aromatic nitrogens is 3. The van der Waals surface area contributed by atoms with Crippen molar-refractivity contribution in [3.8, 4) is 0 Å². The lowest BCUT2D eigenvalue weighted by Crippen LogP contribution is -2.39. The van der Waals surface area contributed by atoms with E-state index in [0.29, 0.717) is 23.8 Å². The van der Waals surface area contributed by atoms with Crippen molar-refractivity contribution in [3.05, 3.63) is 95.3 Å². The minimum atomic E-state index is -1.26. The van der Waals surface area contributed by atoms with E-state index in [2.05, 4.69) is 5.10 Å². The molecule has 0 saturated carbocycles. The molecule has 4 aromatic rings. The van der Waals surface area contributed by atoms with E-state index in [-0.39, 0.29) is 18.6 Å². The van der Waals surface area contributed by atoms with Crippen molar-refractivity contribution < 1.29 is 13.7 Å². The molecule has 1 fully saturated rings. The number of nitrogens with zero attached hydrogens (tertiary/aromatic N) is 4. The highest BCUT2D eigenvalue weighted by molar-refractivity contribution is 7.84. The molecule has 0 N–H and O–H groups in total. The maximum atomic E-state index is 12.8. The van der Waals surface area contributed by atoms with E-state index in [4.69, 9.17) is 9.72 Å². The summed E-state index contributed by atoms with van der Waals surface area (Å²) in [6.07, 6.45) is 8.81. The minimum absolute atomic E-state index is 0.0242. The molecule has 2 aromatic heterocycles. The number of rotatable bonds is 6. The molecule has 36 heavy (non-hydrogen) atoms. The fourth-order valence-electron chi connectivity index (χ4n) is 4.45. The highest BCUT2D eigenvalue weighted by atomic mass is 32.2. The first-order valence-electron chi connectivity index (χ1n) is 12.0. The molecule has 0 spiro atoms. The first-order chi connectivity index (χ1) is 17.6. The predicted octanol–water partition coefficient (Wildman–Crippen LogP) is 5.15. The van der Waals surface area contributed by atoms with E-state index in [1.807, 2.05) is 78.9 Å². The molecule has 184 valence electrons. The van der Waals surface area contributed by atoms with Crippen molar-refractivity contribution >= 4 is 34.7 Å². The van der Waals surface area contributed by atoms with Gasteiger partial charge in [-0.1, -0.05) is 66.7 Å². The van der Waals surface area contributed by atoms with Gasteiger partial charge in [0.1, 0.15) is 11.6 Å². The molecule has 1 aliphatic rings. The van der Waals surface area contributed by atoms with Crippen molar-refractivity contribution in [2.75, 3.05) is 19.3 Å². The Hall–Kier alpha value is -3.78. The van der Waals surface area contributed by atoms with Crippen molar-refractivity contribution in [1.82, 2.24) is 19.5 Å². The summed E-state index contributed by atoms with van der Waals surface area (Å²) in [5.74, 6) is 0.0242. The van der Waals surface area contributed by atoms with Gasteiger partial charge in [-0.3, -0.25) is 4.21 Å². The number of carbonyl (C=O) groups is 1. The van der Waals surface area contributed by atoms with E-state index >= 15 is 0 Å². The van der Waals surface area contributed by atoms with Gasteiger partial charge in [0.05, 0.1) is 22.7 Å². The molecule has 2 unspecified atom stereocenters. The highest BCUT2D eigenvalue weighted by Crippen LogP contribution is 2.29. The molecular weight excluding hydrogens is 472 g/mol. The lowest BCUT2D eigenvalue weighted by molar-refractivity contribution is 0.0856. The summed E-state index contributed by atoms with van der Waals surface area (Å²) in [7, 11) is -1.26. The van der Waals surface area contributed by atoms with Crippen LogP contribution in [0, 0.1) is 0 Å². The lowest BCUT2D eigenvalue weighted by Gasteiger charge is -2.32. The zero-order valence-corrected chi connectivity index (χ0v) is 20.9. The molecule has 1 aliphatic heterocycles. The Balaban J connectivity index is 1.38. The first kappa shape index (κ1) is 23.9. The maximum absolute atomic E-state index is 12.8. The molecule has 3 heterocycles. The normalized spacial score (nSPS) is 16.9. The van der Waals surface area contributed by atoms with Crippen LogP contribution < -0.4 is 0 Å². The fraction of sp³-hybridized carbons (Fsp3) is 0.250. The predicted molar refractivity (Wildman–Crippen MR) is 141 cm³/mol. The molecule has 2 atom stereocenters. The lowest BCUT2D eigenvalue weighted by atomic mass is 9.95. The molecule has 2 aromatic carbocycles. The Morgan fingerprint density at radius 3 is 2.61 bits per heavy atom. The Bertz CT molecular complexity index is 1400. The van der Waals surface area contributed by atoms with Crippen molar-refractivity contribution in [3.63, 3.8) is 0 Å². The number of benzene rings is 2. The van der Waals surface area contributed by atoms with E-state index in [1.165, 1.54) is 0 Å². The fourth-order valence-corrected chi connectivity index (χ4v) is 5.11. The molecule has 0 radical (unpaired) electrons. The second-order valence-corrected chi connectivity index (χ2v) is 10.2. The van der Waals surface area contributed by atoms with Gasteiger partial charge in [-0.25, -0.2) is 14.3 Å². The summed E-state index contributed by atoms with van der Waals surface area (Å²) in [5.41, 5.74) is 4.36. The van der Waals surface area contributed by atoms with Crippen LogP contribution in [0.15, 0.2) is 78.0 Å². The summed E-state index contributed by atoms with van der Waals surface area (Å²) in [5, 5.41) is 5.06. The SMILES string of the molecule is CS(=O)c1cc(C2CCCN(C(=O)OCc3ccccc3)C2)nc2c(C=Cc3ccccc3)cnn12. The summed E-state index contributed by atoms with van der Waals surface area (Å²) < 4.78 is 19.8. The molecule has 0 aliphatic carbocycles. The third-order valence-electron chi connectivity index (χ3n) is 6.34. The number of amides is 1. The number of fused-ring (bicyclic) bond motifs is 1. The van der Waals surface area contributed by atoms with E-state index in [9.17, 15) is 9.00 Å². The van der Waals surface area contributed by atoms with E-state index in [1.54, 1.807) is 21.9 Å². The largest absolute Gasteiger partial charge is 0.445 e. The van der Waals surface area contributed by atoms with Gasteiger partial charge in [-0.05, 0) is 36.1 Å². The van der Waals surface area contributed by atoms with E-state index in [0.717, 1.165) is 35.2 Å². The third-order valence-corrected chi connectivity index (χ3v) is 7.22. The van der Waals surface area contributed by atoms with Gasteiger partial charge in [-0.2, -0.15) is 5.10 Å². The monoisotopic (exact) mass is 500 g/mol. The Morgan fingerprint density at radius 1 is 1.11 bits per heavy atom.